The highest BCUT2D eigenvalue weighted by Gasteiger charge is 2.32. The highest BCUT2D eigenvalue weighted by Crippen LogP contribution is 2.29. The first-order valence-corrected chi connectivity index (χ1v) is 11.6. The second-order valence-electron chi connectivity index (χ2n) is 7.16. The number of benzene rings is 2. The molecule has 3 aromatic rings. The quantitative estimate of drug-likeness (QED) is 0.637. The molecule has 4 rings (SSSR count). The summed E-state index contributed by atoms with van der Waals surface area (Å²) in [6.45, 7) is 3.54. The lowest BCUT2D eigenvalue weighted by molar-refractivity contribution is 0.141. The Morgan fingerprint density at radius 3 is 2.50 bits per heavy atom. The number of piperazine rings is 1. The molecule has 0 saturated carbocycles. The van der Waals surface area contributed by atoms with Gasteiger partial charge in [0.2, 0.25) is 10.0 Å². The van der Waals surface area contributed by atoms with E-state index in [1.165, 1.54) is 16.4 Å². The van der Waals surface area contributed by atoms with E-state index in [1.807, 2.05) is 13.0 Å². The van der Waals surface area contributed by atoms with Gasteiger partial charge in [-0.05, 0) is 37.3 Å². The van der Waals surface area contributed by atoms with Crippen LogP contribution in [-0.2, 0) is 10.0 Å². The number of aromatic nitrogens is 2. The largest absolute Gasteiger partial charge is 0.309 e. The van der Waals surface area contributed by atoms with E-state index in [4.69, 9.17) is 23.2 Å². The van der Waals surface area contributed by atoms with Crippen LogP contribution in [-0.4, -0.2) is 53.8 Å². The van der Waals surface area contributed by atoms with Crippen LogP contribution in [0.4, 0.5) is 0 Å². The van der Waals surface area contributed by atoms with Crippen molar-refractivity contribution in [1.82, 2.24) is 19.2 Å². The lowest BCUT2D eigenvalue weighted by Crippen LogP contribution is -2.49. The third kappa shape index (κ3) is 3.98. The second kappa shape index (κ2) is 8.28. The first-order chi connectivity index (χ1) is 14.3. The number of nitrogens with zero attached hydrogens (tertiary/aromatic N) is 3. The molecule has 0 radical (unpaired) electrons. The fourth-order valence-electron chi connectivity index (χ4n) is 3.62. The van der Waals surface area contributed by atoms with Crippen LogP contribution in [0.15, 0.2) is 52.2 Å². The van der Waals surface area contributed by atoms with E-state index in [0.717, 1.165) is 0 Å². The Kier molecular flexibility index (Phi) is 5.87. The molecule has 2 aromatic carbocycles. The molecule has 7 nitrogen and oxygen atoms in total. The van der Waals surface area contributed by atoms with Gasteiger partial charge >= 0.3 is 0 Å². The van der Waals surface area contributed by atoms with Crippen molar-refractivity contribution in [1.29, 1.82) is 0 Å². The minimum atomic E-state index is -3.75. The molecule has 0 amide bonds. The van der Waals surface area contributed by atoms with Crippen LogP contribution >= 0.6 is 23.2 Å². The molecule has 1 N–H and O–H groups in total. The van der Waals surface area contributed by atoms with Crippen LogP contribution in [0.25, 0.3) is 10.9 Å². The highest BCUT2D eigenvalue weighted by atomic mass is 35.5. The summed E-state index contributed by atoms with van der Waals surface area (Å²) in [6.07, 6.45) is 0. The molecule has 0 spiro atoms. The summed E-state index contributed by atoms with van der Waals surface area (Å²) in [5, 5.41) is 1.01. The summed E-state index contributed by atoms with van der Waals surface area (Å²) in [7, 11) is -3.75. The van der Waals surface area contributed by atoms with Crippen molar-refractivity contribution in [3.05, 3.63) is 68.7 Å². The monoisotopic (exact) mass is 466 g/mol. The van der Waals surface area contributed by atoms with Crippen molar-refractivity contribution in [3.63, 3.8) is 0 Å². The fourth-order valence-corrected chi connectivity index (χ4v) is 5.78. The zero-order valence-electron chi connectivity index (χ0n) is 16.2. The number of para-hydroxylation sites is 1. The number of aromatic amines is 1. The topological polar surface area (TPSA) is 86.4 Å². The van der Waals surface area contributed by atoms with Gasteiger partial charge in [-0.3, -0.25) is 9.69 Å². The van der Waals surface area contributed by atoms with Crippen molar-refractivity contribution >= 4 is 44.1 Å². The normalized spacial score (nSPS) is 17.3. The van der Waals surface area contributed by atoms with Gasteiger partial charge in [0, 0.05) is 31.2 Å². The van der Waals surface area contributed by atoms with Crippen molar-refractivity contribution < 1.29 is 8.42 Å². The molecule has 1 aliphatic rings. The van der Waals surface area contributed by atoms with Crippen molar-refractivity contribution in [2.45, 2.75) is 17.9 Å². The molecule has 158 valence electrons. The molecule has 0 bridgehead atoms. The minimum Gasteiger partial charge on any atom is -0.309 e. The maximum Gasteiger partial charge on any atom is 0.258 e. The third-order valence-electron chi connectivity index (χ3n) is 5.36. The van der Waals surface area contributed by atoms with Crippen LogP contribution in [0.5, 0.6) is 0 Å². The van der Waals surface area contributed by atoms with Gasteiger partial charge < -0.3 is 4.98 Å². The van der Waals surface area contributed by atoms with Gasteiger partial charge in [-0.15, -0.1) is 0 Å². The molecule has 30 heavy (non-hydrogen) atoms. The average molecular weight is 467 g/mol. The van der Waals surface area contributed by atoms with Crippen molar-refractivity contribution in [2.75, 3.05) is 26.2 Å². The summed E-state index contributed by atoms with van der Waals surface area (Å²) in [5.41, 5.74) is 0.458. The van der Waals surface area contributed by atoms with Crippen LogP contribution in [0.1, 0.15) is 18.8 Å². The predicted molar refractivity (Wildman–Crippen MR) is 118 cm³/mol. The second-order valence-corrected chi connectivity index (χ2v) is 9.91. The number of hydrogen-bond donors (Lipinski definition) is 1. The Labute approximate surface area is 184 Å². The number of fused-ring (bicyclic) bond motifs is 1. The lowest BCUT2D eigenvalue weighted by Gasteiger charge is -2.37. The van der Waals surface area contributed by atoms with E-state index < -0.39 is 10.0 Å². The number of H-pyrrole nitrogens is 1. The standard InChI is InChI=1S/C20H20Cl2N4O3S/c1-13(19-23-17-5-3-2-4-15(17)20(27)24-19)25-8-10-26(11-9-25)30(28,29)18-12-14(21)6-7-16(18)22/h2-7,12-13H,8-11H2,1H3,(H,23,24,27). The van der Waals surface area contributed by atoms with Gasteiger partial charge in [0.1, 0.15) is 10.7 Å². The summed E-state index contributed by atoms with van der Waals surface area (Å²) in [4.78, 5) is 21.9. The molecule has 1 unspecified atom stereocenters. The number of nitrogens with one attached hydrogen (secondary N) is 1. The van der Waals surface area contributed by atoms with E-state index in [-0.39, 0.29) is 21.5 Å². The number of halogens is 2. The first-order valence-electron chi connectivity index (χ1n) is 9.45. The molecule has 1 fully saturated rings. The minimum absolute atomic E-state index is 0.0127. The van der Waals surface area contributed by atoms with E-state index in [2.05, 4.69) is 14.9 Å². The Morgan fingerprint density at radius 1 is 1.07 bits per heavy atom. The summed E-state index contributed by atoms with van der Waals surface area (Å²) >= 11 is 12.1. The fraction of sp³-hybridized carbons (Fsp3) is 0.300. The highest BCUT2D eigenvalue weighted by molar-refractivity contribution is 7.89. The van der Waals surface area contributed by atoms with Crippen molar-refractivity contribution in [3.8, 4) is 0 Å². The van der Waals surface area contributed by atoms with Crippen molar-refractivity contribution in [2.24, 2.45) is 0 Å². The van der Waals surface area contributed by atoms with Gasteiger partial charge in [0.15, 0.2) is 0 Å². The number of hydrogen-bond acceptors (Lipinski definition) is 5. The smallest absolute Gasteiger partial charge is 0.258 e. The van der Waals surface area contributed by atoms with E-state index >= 15 is 0 Å². The Hall–Kier alpha value is -1.97. The van der Waals surface area contributed by atoms with Gasteiger partial charge in [-0.1, -0.05) is 35.3 Å². The van der Waals surface area contributed by atoms with Gasteiger partial charge in [0.05, 0.1) is 22.0 Å². The molecule has 1 atom stereocenters. The van der Waals surface area contributed by atoms with Crippen LogP contribution < -0.4 is 5.56 Å². The number of rotatable bonds is 4. The molecule has 1 aromatic heterocycles. The molecule has 0 aliphatic carbocycles. The van der Waals surface area contributed by atoms with Gasteiger partial charge in [0.25, 0.3) is 5.56 Å². The summed E-state index contributed by atoms with van der Waals surface area (Å²) < 4.78 is 27.4. The Balaban J connectivity index is 1.52. The zero-order valence-corrected chi connectivity index (χ0v) is 18.5. The summed E-state index contributed by atoms with van der Waals surface area (Å²) in [5.74, 6) is 0.563. The van der Waals surface area contributed by atoms with E-state index in [1.54, 1.807) is 24.3 Å². The maximum atomic E-state index is 13.0. The molecule has 2 heterocycles. The molecule has 10 heteroatoms. The SMILES string of the molecule is CC(c1nc2ccccc2c(=O)[nH]1)N1CCN(S(=O)(=O)c2cc(Cl)ccc2Cl)CC1. The average Bonchev–Trinajstić information content (AvgIpc) is 2.75. The molecular formula is C20H20Cl2N4O3S. The van der Waals surface area contributed by atoms with Crippen LogP contribution in [0.3, 0.4) is 0 Å². The van der Waals surface area contributed by atoms with Gasteiger partial charge in [-0.25, -0.2) is 13.4 Å². The lowest BCUT2D eigenvalue weighted by atomic mass is 10.2. The summed E-state index contributed by atoms with van der Waals surface area (Å²) in [6, 6.07) is 11.4. The maximum absolute atomic E-state index is 13.0. The van der Waals surface area contributed by atoms with E-state index in [9.17, 15) is 13.2 Å². The Bertz CT molecular complexity index is 1250. The van der Waals surface area contributed by atoms with Gasteiger partial charge in [-0.2, -0.15) is 4.31 Å². The zero-order chi connectivity index (χ0) is 21.5. The third-order valence-corrected chi connectivity index (χ3v) is 7.97. The predicted octanol–water partition coefficient (Wildman–Crippen LogP) is 3.30. The first kappa shape index (κ1) is 21.3. The van der Waals surface area contributed by atoms with Crippen LogP contribution in [0, 0.1) is 0 Å². The molecular weight excluding hydrogens is 447 g/mol. The van der Waals surface area contributed by atoms with E-state index in [0.29, 0.717) is 47.9 Å². The van der Waals surface area contributed by atoms with Crippen LogP contribution in [0.2, 0.25) is 10.0 Å². The Morgan fingerprint density at radius 2 is 1.77 bits per heavy atom. The molecule has 1 aliphatic heterocycles. The molecule has 1 saturated heterocycles. The number of sulfonamides is 1.